The molecule has 1 amide bonds. The smallest absolute Gasteiger partial charge is 0.262 e. The third-order valence-corrected chi connectivity index (χ3v) is 4.01. The standard InChI is InChI=1S/C21H17N3O2/c25-21(23-18-11-13-24-19(14-18)10-12-22-24)15-26-20-8-6-17(7-9-20)16-4-2-1-3-5-16/h1-14H,15H2,(H,23,25). The summed E-state index contributed by atoms with van der Waals surface area (Å²) >= 11 is 0. The Kier molecular flexibility index (Phi) is 4.35. The summed E-state index contributed by atoms with van der Waals surface area (Å²) < 4.78 is 7.31. The Bertz CT molecular complexity index is 1020. The quantitative estimate of drug-likeness (QED) is 0.595. The molecule has 0 atom stereocenters. The minimum Gasteiger partial charge on any atom is -0.484 e. The molecule has 2 aromatic heterocycles. The zero-order valence-corrected chi connectivity index (χ0v) is 14.0. The summed E-state index contributed by atoms with van der Waals surface area (Å²) in [7, 11) is 0. The van der Waals surface area contributed by atoms with Crippen molar-refractivity contribution >= 4 is 17.1 Å². The Labute approximate surface area is 150 Å². The fourth-order valence-electron chi connectivity index (χ4n) is 2.72. The number of nitrogens with zero attached hydrogens (tertiary/aromatic N) is 2. The number of nitrogens with one attached hydrogen (secondary N) is 1. The second-order valence-electron chi connectivity index (χ2n) is 5.84. The van der Waals surface area contributed by atoms with E-state index in [1.54, 1.807) is 23.0 Å². The minimum absolute atomic E-state index is 0.0465. The first-order valence-corrected chi connectivity index (χ1v) is 8.29. The van der Waals surface area contributed by atoms with Crippen LogP contribution in [0.25, 0.3) is 16.6 Å². The van der Waals surface area contributed by atoms with Crippen molar-refractivity contribution in [1.29, 1.82) is 0 Å². The van der Waals surface area contributed by atoms with Crippen LogP contribution in [0, 0.1) is 0 Å². The maximum absolute atomic E-state index is 12.1. The van der Waals surface area contributed by atoms with Gasteiger partial charge in [0.2, 0.25) is 0 Å². The predicted octanol–water partition coefficient (Wildman–Crippen LogP) is 4.02. The average molecular weight is 343 g/mol. The van der Waals surface area contributed by atoms with Gasteiger partial charge in [-0.25, -0.2) is 4.52 Å². The van der Waals surface area contributed by atoms with E-state index in [4.69, 9.17) is 4.74 Å². The first-order valence-electron chi connectivity index (χ1n) is 8.29. The summed E-state index contributed by atoms with van der Waals surface area (Å²) in [5.41, 5.74) is 3.88. The average Bonchev–Trinajstić information content (AvgIpc) is 3.15. The van der Waals surface area contributed by atoms with Crippen LogP contribution in [0.5, 0.6) is 5.75 Å². The van der Waals surface area contributed by atoms with E-state index in [-0.39, 0.29) is 12.5 Å². The van der Waals surface area contributed by atoms with Crippen molar-refractivity contribution in [2.45, 2.75) is 0 Å². The van der Waals surface area contributed by atoms with Crippen LogP contribution in [0.2, 0.25) is 0 Å². The summed E-state index contributed by atoms with van der Waals surface area (Å²) in [6.45, 7) is -0.0465. The first-order chi connectivity index (χ1) is 12.8. The van der Waals surface area contributed by atoms with Crippen molar-refractivity contribution in [3.63, 3.8) is 0 Å². The van der Waals surface area contributed by atoms with Crippen LogP contribution in [-0.4, -0.2) is 22.1 Å². The van der Waals surface area contributed by atoms with Crippen molar-refractivity contribution < 1.29 is 9.53 Å². The predicted molar refractivity (Wildman–Crippen MR) is 101 cm³/mol. The van der Waals surface area contributed by atoms with Gasteiger partial charge in [0.15, 0.2) is 6.61 Å². The second kappa shape index (κ2) is 7.11. The van der Waals surface area contributed by atoms with Gasteiger partial charge >= 0.3 is 0 Å². The van der Waals surface area contributed by atoms with Crippen LogP contribution in [-0.2, 0) is 4.79 Å². The van der Waals surface area contributed by atoms with E-state index in [9.17, 15) is 4.79 Å². The molecule has 1 N–H and O–H groups in total. The van der Waals surface area contributed by atoms with E-state index < -0.39 is 0 Å². The molecule has 0 aliphatic carbocycles. The Morgan fingerprint density at radius 1 is 0.962 bits per heavy atom. The highest BCUT2D eigenvalue weighted by atomic mass is 16.5. The van der Waals surface area contributed by atoms with E-state index in [0.29, 0.717) is 11.4 Å². The Hall–Kier alpha value is -3.60. The maximum atomic E-state index is 12.1. The van der Waals surface area contributed by atoms with E-state index in [0.717, 1.165) is 16.6 Å². The summed E-state index contributed by atoms with van der Waals surface area (Å²) in [4.78, 5) is 12.1. The number of pyridine rings is 1. The number of carbonyl (C=O) groups is 1. The number of hydrogen-bond acceptors (Lipinski definition) is 3. The number of amides is 1. The number of hydrogen-bond donors (Lipinski definition) is 1. The van der Waals surface area contributed by atoms with Gasteiger partial charge in [0.25, 0.3) is 5.91 Å². The number of aromatic nitrogens is 2. The van der Waals surface area contributed by atoms with E-state index in [1.807, 2.05) is 54.6 Å². The number of benzene rings is 2. The summed E-state index contributed by atoms with van der Waals surface area (Å²) in [5, 5.41) is 6.95. The lowest BCUT2D eigenvalue weighted by atomic mass is 10.1. The van der Waals surface area contributed by atoms with Crippen molar-refractivity contribution in [2.75, 3.05) is 11.9 Å². The molecule has 4 rings (SSSR count). The fraction of sp³-hybridized carbons (Fsp3) is 0.0476. The van der Waals surface area contributed by atoms with Crippen LogP contribution in [0.1, 0.15) is 0 Å². The topological polar surface area (TPSA) is 55.6 Å². The van der Waals surface area contributed by atoms with Gasteiger partial charge in [0.05, 0.1) is 5.52 Å². The number of fused-ring (bicyclic) bond motifs is 1. The van der Waals surface area contributed by atoms with Gasteiger partial charge in [0.1, 0.15) is 5.75 Å². The number of rotatable bonds is 5. The van der Waals surface area contributed by atoms with Gasteiger partial charge in [-0.1, -0.05) is 42.5 Å². The SMILES string of the molecule is O=C(COc1ccc(-c2ccccc2)cc1)Nc1ccn2nccc2c1. The van der Waals surface area contributed by atoms with Crippen molar-refractivity contribution in [3.05, 3.63) is 85.2 Å². The van der Waals surface area contributed by atoms with Gasteiger partial charge in [0, 0.05) is 18.1 Å². The van der Waals surface area contributed by atoms with E-state index >= 15 is 0 Å². The van der Waals surface area contributed by atoms with Crippen molar-refractivity contribution in [2.24, 2.45) is 0 Å². The Morgan fingerprint density at radius 3 is 2.54 bits per heavy atom. The first kappa shape index (κ1) is 15.9. The monoisotopic (exact) mass is 343 g/mol. The summed E-state index contributed by atoms with van der Waals surface area (Å²) in [6, 6.07) is 23.4. The molecule has 0 aliphatic heterocycles. The molecule has 0 spiro atoms. The second-order valence-corrected chi connectivity index (χ2v) is 5.84. The van der Waals surface area contributed by atoms with Crippen LogP contribution in [0.15, 0.2) is 85.2 Å². The molecule has 5 heteroatoms. The van der Waals surface area contributed by atoms with Crippen LogP contribution >= 0.6 is 0 Å². The summed E-state index contributed by atoms with van der Waals surface area (Å²) in [6.07, 6.45) is 3.51. The molecule has 4 aromatic rings. The molecular weight excluding hydrogens is 326 g/mol. The molecule has 0 fully saturated rings. The Morgan fingerprint density at radius 2 is 1.73 bits per heavy atom. The zero-order chi connectivity index (χ0) is 17.8. The summed E-state index contributed by atoms with van der Waals surface area (Å²) in [5.74, 6) is 0.451. The number of ether oxygens (including phenoxy) is 1. The normalized spacial score (nSPS) is 10.6. The van der Waals surface area contributed by atoms with Gasteiger partial charge in [-0.15, -0.1) is 0 Å². The highest BCUT2D eigenvalue weighted by Gasteiger charge is 2.05. The van der Waals surface area contributed by atoms with Crippen molar-refractivity contribution in [1.82, 2.24) is 9.61 Å². The van der Waals surface area contributed by atoms with E-state index in [1.165, 1.54) is 0 Å². The van der Waals surface area contributed by atoms with Gasteiger partial charge in [-0.05, 0) is 41.5 Å². The fourth-order valence-corrected chi connectivity index (χ4v) is 2.72. The number of anilines is 1. The molecule has 2 aromatic carbocycles. The Balaban J connectivity index is 1.35. The molecule has 5 nitrogen and oxygen atoms in total. The number of carbonyl (C=O) groups excluding carboxylic acids is 1. The highest BCUT2D eigenvalue weighted by Crippen LogP contribution is 2.22. The lowest BCUT2D eigenvalue weighted by Crippen LogP contribution is -2.20. The largest absolute Gasteiger partial charge is 0.484 e. The molecule has 26 heavy (non-hydrogen) atoms. The molecule has 0 bridgehead atoms. The maximum Gasteiger partial charge on any atom is 0.262 e. The minimum atomic E-state index is -0.207. The molecule has 128 valence electrons. The highest BCUT2D eigenvalue weighted by molar-refractivity contribution is 5.92. The molecule has 0 saturated heterocycles. The molecule has 0 saturated carbocycles. The molecule has 0 unspecified atom stereocenters. The van der Waals surface area contributed by atoms with Crippen LogP contribution < -0.4 is 10.1 Å². The molecular formula is C21H17N3O2. The lowest BCUT2D eigenvalue weighted by molar-refractivity contribution is -0.118. The molecule has 0 radical (unpaired) electrons. The zero-order valence-electron chi connectivity index (χ0n) is 14.0. The van der Waals surface area contributed by atoms with Crippen LogP contribution in [0.3, 0.4) is 0 Å². The van der Waals surface area contributed by atoms with Crippen molar-refractivity contribution in [3.8, 4) is 16.9 Å². The van der Waals surface area contributed by atoms with Gasteiger partial charge in [-0.2, -0.15) is 5.10 Å². The van der Waals surface area contributed by atoms with Gasteiger partial charge in [-0.3, -0.25) is 4.79 Å². The van der Waals surface area contributed by atoms with Gasteiger partial charge < -0.3 is 10.1 Å². The van der Waals surface area contributed by atoms with Crippen LogP contribution in [0.4, 0.5) is 5.69 Å². The molecule has 2 heterocycles. The lowest BCUT2D eigenvalue weighted by Gasteiger charge is -2.09. The van der Waals surface area contributed by atoms with E-state index in [2.05, 4.69) is 22.5 Å². The molecule has 0 aliphatic rings. The third kappa shape index (κ3) is 3.57. The third-order valence-electron chi connectivity index (χ3n) is 4.01.